The van der Waals surface area contributed by atoms with Crippen molar-refractivity contribution in [1.82, 2.24) is 0 Å². The van der Waals surface area contributed by atoms with Gasteiger partial charge in [0.2, 0.25) is 0 Å². The minimum absolute atomic E-state index is 0.0562. The average Bonchev–Trinajstić information content (AvgIpc) is 2.72. The molecule has 29 heavy (non-hydrogen) atoms. The summed E-state index contributed by atoms with van der Waals surface area (Å²) in [5, 5.41) is 11.6. The van der Waals surface area contributed by atoms with Crippen LogP contribution in [0.15, 0.2) is 30.3 Å². The maximum Gasteiger partial charge on any atom is 0.339 e. The van der Waals surface area contributed by atoms with Gasteiger partial charge in [-0.05, 0) is 18.2 Å². The Morgan fingerprint density at radius 1 is 1.10 bits per heavy atom. The highest BCUT2D eigenvalue weighted by Crippen LogP contribution is 2.36. The van der Waals surface area contributed by atoms with Gasteiger partial charge in [0.25, 0.3) is 5.69 Å². The van der Waals surface area contributed by atoms with Gasteiger partial charge in [0.05, 0.1) is 35.4 Å². The van der Waals surface area contributed by atoms with Crippen molar-refractivity contribution in [3.8, 4) is 5.75 Å². The molecule has 0 N–H and O–H groups in total. The summed E-state index contributed by atoms with van der Waals surface area (Å²) in [6, 6.07) is 6.88. The first-order valence-electron chi connectivity index (χ1n) is 8.75. The highest BCUT2D eigenvalue weighted by atomic mass is 35.5. The van der Waals surface area contributed by atoms with E-state index in [1.165, 1.54) is 32.4 Å². The number of nitro benzene ring substituents is 1. The van der Waals surface area contributed by atoms with Gasteiger partial charge in [-0.3, -0.25) is 10.1 Å². The van der Waals surface area contributed by atoms with Crippen LogP contribution in [-0.2, 0) is 4.74 Å². The highest BCUT2D eigenvalue weighted by molar-refractivity contribution is 6.34. The number of nitro groups is 1. The molecule has 0 saturated carbocycles. The summed E-state index contributed by atoms with van der Waals surface area (Å²) in [6.45, 7) is 2.01. The molecule has 1 saturated heterocycles. The van der Waals surface area contributed by atoms with Crippen LogP contribution < -0.4 is 14.5 Å². The number of hydrogen-bond acceptors (Lipinski definition) is 7. The van der Waals surface area contributed by atoms with Gasteiger partial charge in [-0.25, -0.2) is 9.18 Å². The lowest BCUT2D eigenvalue weighted by Crippen LogP contribution is -2.46. The van der Waals surface area contributed by atoms with E-state index in [0.29, 0.717) is 37.6 Å². The Morgan fingerprint density at radius 2 is 1.72 bits per heavy atom. The molecule has 8 nitrogen and oxygen atoms in total. The van der Waals surface area contributed by atoms with Crippen molar-refractivity contribution in [3.05, 3.63) is 56.8 Å². The fraction of sp³-hybridized carbons (Fsp3) is 0.316. The van der Waals surface area contributed by atoms with Gasteiger partial charge in [-0.2, -0.15) is 0 Å². The SMILES string of the molecule is COC(=O)c1cc([N+](=O)[O-])c(N2CCN(c3ccc(F)cc3OC)CC2)cc1Cl. The molecule has 1 heterocycles. The number of carbonyl (C=O) groups excluding carboxylic acids is 1. The fourth-order valence-corrected chi connectivity index (χ4v) is 3.55. The first kappa shape index (κ1) is 20.7. The van der Waals surface area contributed by atoms with Crippen LogP contribution in [0.3, 0.4) is 0 Å². The number of rotatable bonds is 5. The zero-order chi connectivity index (χ0) is 21.1. The van der Waals surface area contributed by atoms with Crippen molar-refractivity contribution in [2.45, 2.75) is 0 Å². The number of piperazine rings is 1. The Morgan fingerprint density at radius 3 is 2.28 bits per heavy atom. The molecule has 3 rings (SSSR count). The molecule has 2 aromatic carbocycles. The predicted molar refractivity (Wildman–Crippen MR) is 107 cm³/mol. The minimum atomic E-state index is -0.738. The van der Waals surface area contributed by atoms with Gasteiger partial charge in [0.1, 0.15) is 17.3 Å². The Kier molecular flexibility index (Phi) is 6.07. The van der Waals surface area contributed by atoms with E-state index < -0.39 is 10.9 Å². The van der Waals surface area contributed by atoms with Gasteiger partial charge in [0.15, 0.2) is 0 Å². The summed E-state index contributed by atoms with van der Waals surface area (Å²) >= 11 is 6.17. The van der Waals surface area contributed by atoms with Crippen molar-refractivity contribution >= 4 is 34.6 Å². The minimum Gasteiger partial charge on any atom is -0.494 e. The molecule has 0 radical (unpaired) electrons. The molecular weight excluding hydrogens is 405 g/mol. The summed E-state index contributed by atoms with van der Waals surface area (Å²) < 4.78 is 23.3. The largest absolute Gasteiger partial charge is 0.494 e. The van der Waals surface area contributed by atoms with Gasteiger partial charge in [0, 0.05) is 38.3 Å². The van der Waals surface area contributed by atoms with Crippen LogP contribution in [-0.4, -0.2) is 51.3 Å². The van der Waals surface area contributed by atoms with Gasteiger partial charge in [-0.1, -0.05) is 11.6 Å². The lowest BCUT2D eigenvalue weighted by molar-refractivity contribution is -0.384. The van der Waals surface area contributed by atoms with Crippen LogP contribution in [0, 0.1) is 15.9 Å². The number of benzene rings is 2. The lowest BCUT2D eigenvalue weighted by Gasteiger charge is -2.37. The molecule has 10 heteroatoms. The second-order valence-corrected chi connectivity index (χ2v) is 6.77. The van der Waals surface area contributed by atoms with Crippen LogP contribution in [0.25, 0.3) is 0 Å². The Labute approximate surface area is 171 Å². The number of carbonyl (C=O) groups is 1. The van der Waals surface area contributed by atoms with E-state index in [-0.39, 0.29) is 22.1 Å². The summed E-state index contributed by atoms with van der Waals surface area (Å²) in [7, 11) is 2.66. The molecule has 154 valence electrons. The zero-order valence-corrected chi connectivity index (χ0v) is 16.6. The monoisotopic (exact) mass is 423 g/mol. The van der Waals surface area contributed by atoms with Crippen LogP contribution in [0.1, 0.15) is 10.4 Å². The Bertz CT molecular complexity index is 948. The molecule has 0 amide bonds. The predicted octanol–water partition coefficient (Wildman–Crippen LogP) is 3.51. The van der Waals surface area contributed by atoms with E-state index in [9.17, 15) is 19.3 Å². The number of anilines is 2. The van der Waals surface area contributed by atoms with Gasteiger partial charge in [-0.15, -0.1) is 0 Å². The summed E-state index contributed by atoms with van der Waals surface area (Å²) in [4.78, 5) is 26.7. The quantitative estimate of drug-likeness (QED) is 0.413. The highest BCUT2D eigenvalue weighted by Gasteiger charge is 2.28. The number of esters is 1. The molecule has 0 aliphatic carbocycles. The van der Waals surface area contributed by atoms with Crippen LogP contribution in [0.5, 0.6) is 5.75 Å². The van der Waals surface area contributed by atoms with Crippen molar-refractivity contribution in [2.75, 3.05) is 50.2 Å². The van der Waals surface area contributed by atoms with Crippen LogP contribution in [0.4, 0.5) is 21.5 Å². The van der Waals surface area contributed by atoms with Crippen LogP contribution >= 0.6 is 11.6 Å². The third-order valence-electron chi connectivity index (χ3n) is 4.77. The number of halogens is 2. The normalized spacial score (nSPS) is 13.9. The maximum atomic E-state index is 13.4. The van der Waals surface area contributed by atoms with E-state index in [2.05, 4.69) is 4.74 Å². The molecule has 0 unspecified atom stereocenters. The zero-order valence-electron chi connectivity index (χ0n) is 15.9. The molecule has 2 aromatic rings. The van der Waals surface area contributed by atoms with Crippen molar-refractivity contribution in [1.29, 1.82) is 0 Å². The summed E-state index contributed by atoms with van der Waals surface area (Å²) in [5.41, 5.74) is 0.808. The Hall–Kier alpha value is -3.07. The third kappa shape index (κ3) is 4.19. The van der Waals surface area contributed by atoms with Crippen LogP contribution in [0.2, 0.25) is 5.02 Å². The van der Waals surface area contributed by atoms with E-state index in [0.717, 1.165) is 11.8 Å². The first-order valence-corrected chi connectivity index (χ1v) is 9.13. The van der Waals surface area contributed by atoms with Gasteiger partial charge < -0.3 is 19.3 Å². The van der Waals surface area contributed by atoms with E-state index >= 15 is 0 Å². The van der Waals surface area contributed by atoms with E-state index in [4.69, 9.17) is 16.3 Å². The lowest BCUT2D eigenvalue weighted by atomic mass is 10.1. The first-order chi connectivity index (χ1) is 13.8. The molecule has 0 aromatic heterocycles. The van der Waals surface area contributed by atoms with Gasteiger partial charge >= 0.3 is 5.97 Å². The van der Waals surface area contributed by atoms with Crippen molar-refractivity contribution in [2.24, 2.45) is 0 Å². The van der Waals surface area contributed by atoms with Crippen molar-refractivity contribution < 1.29 is 23.6 Å². The molecule has 0 atom stereocenters. The Balaban J connectivity index is 1.85. The number of ether oxygens (including phenoxy) is 2. The maximum absolute atomic E-state index is 13.4. The second kappa shape index (κ2) is 8.52. The number of hydrogen-bond donors (Lipinski definition) is 0. The molecular formula is C19H19ClFN3O5. The average molecular weight is 424 g/mol. The third-order valence-corrected chi connectivity index (χ3v) is 5.08. The molecule has 0 bridgehead atoms. The topological polar surface area (TPSA) is 85.1 Å². The van der Waals surface area contributed by atoms with E-state index in [1.807, 2.05) is 9.80 Å². The molecule has 1 fully saturated rings. The fourth-order valence-electron chi connectivity index (χ4n) is 3.32. The smallest absolute Gasteiger partial charge is 0.339 e. The van der Waals surface area contributed by atoms with Crippen molar-refractivity contribution in [3.63, 3.8) is 0 Å². The molecule has 0 spiro atoms. The number of nitrogens with zero attached hydrogens (tertiary/aromatic N) is 3. The number of methoxy groups -OCH3 is 2. The molecule has 1 aliphatic rings. The second-order valence-electron chi connectivity index (χ2n) is 6.36. The molecule has 1 aliphatic heterocycles. The standard InChI is InChI=1S/C19H19ClFN3O5/c1-28-18-9-12(21)3-4-15(18)22-5-7-23(8-6-22)16-11-14(20)13(19(25)29-2)10-17(16)24(26)27/h3-4,9-11H,5-8H2,1-2H3. The summed E-state index contributed by atoms with van der Waals surface area (Å²) in [5.74, 6) is -0.701. The van der Waals surface area contributed by atoms with E-state index in [1.54, 1.807) is 6.07 Å². The summed E-state index contributed by atoms with van der Waals surface area (Å²) in [6.07, 6.45) is 0.